The molecule has 0 spiro atoms. The summed E-state index contributed by atoms with van der Waals surface area (Å²) in [6.07, 6.45) is 0. The normalized spacial score (nSPS) is 13.3. The van der Waals surface area contributed by atoms with Gasteiger partial charge in [0.2, 0.25) is 0 Å². The van der Waals surface area contributed by atoms with E-state index < -0.39 is 23.7 Å². The number of carbonyl (C=O) groups is 4. The molecule has 0 aliphatic carbocycles. The number of aromatic carboxylic acids is 1. The summed E-state index contributed by atoms with van der Waals surface area (Å²) in [5, 5.41) is 14.7. The van der Waals surface area contributed by atoms with Gasteiger partial charge in [0.1, 0.15) is 10.7 Å². The summed E-state index contributed by atoms with van der Waals surface area (Å²) in [7, 11) is 0. The number of aryl methyl sites for hydroxylation is 1. The number of nitrogens with zero attached hydrogens (tertiary/aromatic N) is 1. The fraction of sp³-hybridized carbons (Fsp3) is 0.0400. The van der Waals surface area contributed by atoms with E-state index in [4.69, 9.17) is 28.3 Å². The van der Waals surface area contributed by atoms with Crippen LogP contribution < -0.4 is 15.5 Å². The van der Waals surface area contributed by atoms with Gasteiger partial charge in [-0.1, -0.05) is 29.3 Å². The average Bonchev–Trinajstić information content (AvgIpc) is 3.04. The van der Waals surface area contributed by atoms with Gasteiger partial charge in [-0.2, -0.15) is 0 Å². The molecule has 1 heterocycles. The van der Waals surface area contributed by atoms with E-state index in [1.807, 2.05) is 0 Å². The number of imide groups is 1. The molecule has 0 bridgehead atoms. The van der Waals surface area contributed by atoms with E-state index in [2.05, 4.69) is 10.6 Å². The molecule has 35 heavy (non-hydrogen) atoms. The number of amides is 3. The minimum atomic E-state index is -1.07. The van der Waals surface area contributed by atoms with Crippen molar-refractivity contribution in [3.63, 3.8) is 0 Å². The minimum absolute atomic E-state index is 0.0957. The van der Waals surface area contributed by atoms with Gasteiger partial charge >= 0.3 is 5.97 Å². The number of rotatable bonds is 6. The summed E-state index contributed by atoms with van der Waals surface area (Å²) in [5.41, 5.74) is 2.09. The van der Waals surface area contributed by atoms with Crippen molar-refractivity contribution in [1.82, 2.24) is 0 Å². The van der Waals surface area contributed by atoms with Crippen LogP contribution in [0.5, 0.6) is 0 Å². The zero-order chi connectivity index (χ0) is 25.3. The van der Waals surface area contributed by atoms with Gasteiger partial charge in [-0.05, 0) is 73.2 Å². The highest BCUT2D eigenvalue weighted by molar-refractivity contribution is 6.53. The van der Waals surface area contributed by atoms with Crippen molar-refractivity contribution < 1.29 is 24.3 Å². The number of carboxylic acid groups (broad SMARTS) is 1. The highest BCUT2D eigenvalue weighted by atomic mass is 35.5. The summed E-state index contributed by atoms with van der Waals surface area (Å²) < 4.78 is 0. The van der Waals surface area contributed by atoms with Crippen LogP contribution in [0.25, 0.3) is 0 Å². The first-order valence-electron chi connectivity index (χ1n) is 10.2. The number of carbonyl (C=O) groups excluding carboxylic acids is 3. The maximum Gasteiger partial charge on any atom is 0.335 e. The molecule has 0 fully saturated rings. The zero-order valence-electron chi connectivity index (χ0n) is 18.1. The molecule has 8 nitrogen and oxygen atoms in total. The Morgan fingerprint density at radius 2 is 1.49 bits per heavy atom. The molecule has 0 saturated heterocycles. The zero-order valence-corrected chi connectivity index (χ0v) is 19.6. The summed E-state index contributed by atoms with van der Waals surface area (Å²) in [5.74, 6) is -2.85. The van der Waals surface area contributed by atoms with Crippen LogP contribution in [0.3, 0.4) is 0 Å². The first-order chi connectivity index (χ1) is 16.7. The van der Waals surface area contributed by atoms with E-state index in [0.29, 0.717) is 27.6 Å². The van der Waals surface area contributed by atoms with Gasteiger partial charge in [-0.3, -0.25) is 14.4 Å². The molecular formula is C25H17Cl2N3O5. The van der Waals surface area contributed by atoms with Gasteiger partial charge in [0.25, 0.3) is 17.7 Å². The molecule has 0 unspecified atom stereocenters. The smallest absolute Gasteiger partial charge is 0.335 e. The maximum atomic E-state index is 13.0. The lowest BCUT2D eigenvalue weighted by Gasteiger charge is -2.16. The molecule has 1 aliphatic heterocycles. The second kappa shape index (κ2) is 9.61. The molecule has 4 rings (SSSR count). The van der Waals surface area contributed by atoms with Crippen molar-refractivity contribution in [2.24, 2.45) is 0 Å². The highest BCUT2D eigenvalue weighted by Gasteiger charge is 2.39. The van der Waals surface area contributed by atoms with Crippen LogP contribution in [-0.2, 0) is 9.59 Å². The van der Waals surface area contributed by atoms with Gasteiger partial charge in [0, 0.05) is 22.0 Å². The van der Waals surface area contributed by atoms with Crippen LogP contribution >= 0.6 is 23.2 Å². The summed E-state index contributed by atoms with van der Waals surface area (Å²) in [4.78, 5) is 50.4. The number of carboxylic acids is 1. The lowest BCUT2D eigenvalue weighted by molar-refractivity contribution is -0.120. The predicted octanol–water partition coefficient (Wildman–Crippen LogP) is 5.03. The standard InChI is InChI=1S/C25H17Cl2N3O5/c1-13-2-3-15(22(31)28-17-8-4-14(5-9-17)25(34)35)12-19(13)29-21-20(27)23(32)30(24(21)33)18-10-6-16(26)7-11-18/h2-12,29H,1H3,(H,28,31)(H,34,35). The second-order valence-electron chi connectivity index (χ2n) is 7.60. The Bertz CT molecular complexity index is 1400. The third-order valence-electron chi connectivity index (χ3n) is 5.26. The fourth-order valence-electron chi connectivity index (χ4n) is 3.37. The Balaban J connectivity index is 1.55. The molecule has 3 aromatic rings. The van der Waals surface area contributed by atoms with E-state index in [1.54, 1.807) is 31.2 Å². The van der Waals surface area contributed by atoms with Crippen LogP contribution in [0.4, 0.5) is 17.1 Å². The molecule has 1 aliphatic rings. The van der Waals surface area contributed by atoms with Crippen LogP contribution in [0.2, 0.25) is 5.02 Å². The van der Waals surface area contributed by atoms with Crippen molar-refractivity contribution >= 4 is 64.0 Å². The van der Waals surface area contributed by atoms with Crippen molar-refractivity contribution in [3.05, 3.63) is 99.2 Å². The van der Waals surface area contributed by atoms with Gasteiger partial charge in [-0.25, -0.2) is 9.69 Å². The lowest BCUT2D eigenvalue weighted by atomic mass is 10.1. The molecule has 3 N–H and O–H groups in total. The lowest BCUT2D eigenvalue weighted by Crippen LogP contribution is -2.32. The van der Waals surface area contributed by atoms with E-state index in [-0.39, 0.29) is 21.9 Å². The van der Waals surface area contributed by atoms with E-state index in [0.717, 1.165) is 4.90 Å². The number of hydrogen-bond donors (Lipinski definition) is 3. The monoisotopic (exact) mass is 509 g/mol. The van der Waals surface area contributed by atoms with Crippen molar-refractivity contribution in [1.29, 1.82) is 0 Å². The number of halogens is 2. The van der Waals surface area contributed by atoms with Crippen molar-refractivity contribution in [2.45, 2.75) is 6.92 Å². The third kappa shape index (κ3) is 4.89. The van der Waals surface area contributed by atoms with E-state index in [9.17, 15) is 19.2 Å². The molecule has 0 radical (unpaired) electrons. The van der Waals surface area contributed by atoms with Crippen molar-refractivity contribution in [3.8, 4) is 0 Å². The van der Waals surface area contributed by atoms with Crippen LogP contribution in [0.15, 0.2) is 77.5 Å². The quantitative estimate of drug-likeness (QED) is 0.401. The fourth-order valence-corrected chi connectivity index (χ4v) is 3.71. The Morgan fingerprint density at radius 3 is 2.11 bits per heavy atom. The molecule has 0 atom stereocenters. The van der Waals surface area contributed by atoms with Gasteiger partial charge in [0.15, 0.2) is 0 Å². The minimum Gasteiger partial charge on any atom is -0.478 e. The topological polar surface area (TPSA) is 116 Å². The number of benzene rings is 3. The average molecular weight is 510 g/mol. The van der Waals surface area contributed by atoms with E-state index in [1.165, 1.54) is 42.5 Å². The van der Waals surface area contributed by atoms with Crippen LogP contribution in [-0.4, -0.2) is 28.8 Å². The molecule has 176 valence electrons. The first kappa shape index (κ1) is 24.0. The summed E-state index contributed by atoms with van der Waals surface area (Å²) >= 11 is 12.1. The highest BCUT2D eigenvalue weighted by Crippen LogP contribution is 2.31. The van der Waals surface area contributed by atoms with Gasteiger partial charge < -0.3 is 15.7 Å². The Hall–Kier alpha value is -4.14. The number of anilines is 3. The van der Waals surface area contributed by atoms with Gasteiger partial charge in [-0.15, -0.1) is 0 Å². The Morgan fingerprint density at radius 1 is 0.857 bits per heavy atom. The van der Waals surface area contributed by atoms with E-state index >= 15 is 0 Å². The molecule has 10 heteroatoms. The Kier molecular flexibility index (Phi) is 6.59. The van der Waals surface area contributed by atoms with Crippen molar-refractivity contribution in [2.75, 3.05) is 15.5 Å². The SMILES string of the molecule is Cc1ccc(C(=O)Nc2ccc(C(=O)O)cc2)cc1NC1=C(Cl)C(=O)N(c2ccc(Cl)cc2)C1=O. The first-order valence-corrected chi connectivity index (χ1v) is 11.0. The molecule has 3 amide bonds. The number of nitrogens with one attached hydrogen (secondary N) is 2. The maximum absolute atomic E-state index is 13.0. The van der Waals surface area contributed by atoms with Crippen LogP contribution in [0.1, 0.15) is 26.3 Å². The molecular weight excluding hydrogens is 493 g/mol. The Labute approximate surface area is 209 Å². The summed E-state index contributed by atoms with van der Waals surface area (Å²) in [6.45, 7) is 1.77. The molecule has 0 aromatic heterocycles. The third-order valence-corrected chi connectivity index (χ3v) is 5.86. The predicted molar refractivity (Wildman–Crippen MR) is 133 cm³/mol. The largest absolute Gasteiger partial charge is 0.478 e. The number of hydrogen-bond acceptors (Lipinski definition) is 5. The second-order valence-corrected chi connectivity index (χ2v) is 8.42. The molecule has 3 aromatic carbocycles. The molecule has 0 saturated carbocycles. The summed E-state index contributed by atoms with van der Waals surface area (Å²) in [6, 6.07) is 16.7. The van der Waals surface area contributed by atoms with Crippen LogP contribution in [0, 0.1) is 6.92 Å². The van der Waals surface area contributed by atoms with Gasteiger partial charge in [0.05, 0.1) is 11.3 Å².